The van der Waals surface area contributed by atoms with Gasteiger partial charge in [0.1, 0.15) is 0 Å². The predicted octanol–water partition coefficient (Wildman–Crippen LogP) is 2.00. The molecule has 0 radical (unpaired) electrons. The van der Waals surface area contributed by atoms with E-state index in [1.165, 1.54) is 11.3 Å². The fraction of sp³-hybridized carbons (Fsp3) is 0.571. The van der Waals surface area contributed by atoms with Gasteiger partial charge in [0.05, 0.1) is 6.61 Å². The van der Waals surface area contributed by atoms with Gasteiger partial charge < -0.3 is 15.3 Å². The Morgan fingerprint density at radius 2 is 1.94 bits per heavy atom. The van der Waals surface area contributed by atoms with E-state index >= 15 is 0 Å². The minimum absolute atomic E-state index is 0.204. The molecule has 17 heavy (non-hydrogen) atoms. The summed E-state index contributed by atoms with van der Waals surface area (Å²) < 4.78 is 0. The van der Waals surface area contributed by atoms with Gasteiger partial charge in [-0.2, -0.15) is 0 Å². The molecule has 3 nitrogen and oxygen atoms in total. The molecule has 0 atom stereocenters. The second-order valence-corrected chi connectivity index (χ2v) is 4.12. The number of aliphatic hydroxyl groups excluding tert-OH is 1. The SMILES string of the molecule is CCCN(CCO)c1ccccc1CNCC. The van der Waals surface area contributed by atoms with Gasteiger partial charge in [0.25, 0.3) is 0 Å². The summed E-state index contributed by atoms with van der Waals surface area (Å²) in [4.78, 5) is 2.26. The maximum atomic E-state index is 9.13. The third-order valence-electron chi connectivity index (χ3n) is 2.76. The first kappa shape index (κ1) is 14.0. The molecule has 0 aromatic heterocycles. The van der Waals surface area contributed by atoms with E-state index in [1.807, 2.05) is 0 Å². The van der Waals surface area contributed by atoms with Crippen LogP contribution in [0.15, 0.2) is 24.3 Å². The van der Waals surface area contributed by atoms with Gasteiger partial charge in [0, 0.05) is 25.3 Å². The zero-order chi connectivity index (χ0) is 12.5. The topological polar surface area (TPSA) is 35.5 Å². The van der Waals surface area contributed by atoms with Gasteiger partial charge in [0.15, 0.2) is 0 Å². The number of rotatable bonds is 8. The molecule has 0 aliphatic heterocycles. The van der Waals surface area contributed by atoms with E-state index in [4.69, 9.17) is 5.11 Å². The Morgan fingerprint density at radius 3 is 2.59 bits per heavy atom. The zero-order valence-electron chi connectivity index (χ0n) is 10.9. The van der Waals surface area contributed by atoms with Crippen molar-refractivity contribution < 1.29 is 5.11 Å². The molecule has 0 spiro atoms. The van der Waals surface area contributed by atoms with E-state index in [2.05, 4.69) is 48.3 Å². The summed E-state index contributed by atoms with van der Waals surface area (Å²) in [7, 11) is 0. The van der Waals surface area contributed by atoms with Gasteiger partial charge in [-0.05, 0) is 24.6 Å². The van der Waals surface area contributed by atoms with Crippen LogP contribution in [0.5, 0.6) is 0 Å². The Hall–Kier alpha value is -1.06. The normalized spacial score (nSPS) is 10.5. The number of anilines is 1. The quantitative estimate of drug-likeness (QED) is 0.725. The molecule has 0 saturated carbocycles. The van der Waals surface area contributed by atoms with Crippen LogP contribution in [0.2, 0.25) is 0 Å². The molecule has 0 aliphatic carbocycles. The Bertz CT molecular complexity index is 309. The molecular weight excluding hydrogens is 212 g/mol. The first-order valence-electron chi connectivity index (χ1n) is 6.47. The van der Waals surface area contributed by atoms with Crippen LogP contribution >= 0.6 is 0 Å². The maximum Gasteiger partial charge on any atom is 0.0606 e. The summed E-state index contributed by atoms with van der Waals surface area (Å²) in [6.45, 7) is 8.04. The third kappa shape index (κ3) is 4.36. The van der Waals surface area contributed by atoms with Gasteiger partial charge >= 0.3 is 0 Å². The molecule has 0 heterocycles. The Balaban J connectivity index is 2.83. The summed E-state index contributed by atoms with van der Waals surface area (Å²) in [5, 5.41) is 12.5. The zero-order valence-corrected chi connectivity index (χ0v) is 10.9. The first-order valence-corrected chi connectivity index (χ1v) is 6.47. The van der Waals surface area contributed by atoms with E-state index < -0.39 is 0 Å². The Labute approximate surface area is 104 Å². The fourth-order valence-electron chi connectivity index (χ4n) is 1.97. The summed E-state index contributed by atoms with van der Waals surface area (Å²) in [6, 6.07) is 8.42. The molecule has 0 amide bonds. The molecule has 0 unspecified atom stereocenters. The van der Waals surface area contributed by atoms with Gasteiger partial charge in [0.2, 0.25) is 0 Å². The Kier molecular flexibility index (Phi) is 6.67. The second kappa shape index (κ2) is 8.09. The van der Waals surface area contributed by atoms with Crippen LogP contribution in [0.4, 0.5) is 5.69 Å². The van der Waals surface area contributed by atoms with Crippen molar-refractivity contribution in [3.63, 3.8) is 0 Å². The van der Waals surface area contributed by atoms with E-state index in [1.54, 1.807) is 0 Å². The summed E-state index contributed by atoms with van der Waals surface area (Å²) >= 11 is 0. The van der Waals surface area contributed by atoms with Crippen LogP contribution in [-0.4, -0.2) is 31.3 Å². The molecule has 96 valence electrons. The molecule has 1 aromatic rings. The minimum Gasteiger partial charge on any atom is -0.395 e. The number of nitrogens with zero attached hydrogens (tertiary/aromatic N) is 1. The predicted molar refractivity (Wildman–Crippen MR) is 73.4 cm³/mol. The van der Waals surface area contributed by atoms with Crippen molar-refractivity contribution in [3.05, 3.63) is 29.8 Å². The van der Waals surface area contributed by atoms with E-state index in [0.717, 1.165) is 26.1 Å². The molecule has 0 aliphatic rings. The molecule has 1 aromatic carbocycles. The second-order valence-electron chi connectivity index (χ2n) is 4.12. The average molecular weight is 236 g/mol. The van der Waals surface area contributed by atoms with Gasteiger partial charge in [-0.15, -0.1) is 0 Å². The lowest BCUT2D eigenvalue weighted by Gasteiger charge is -2.26. The molecule has 0 saturated heterocycles. The van der Waals surface area contributed by atoms with Crippen molar-refractivity contribution >= 4 is 5.69 Å². The van der Waals surface area contributed by atoms with Crippen molar-refractivity contribution in [1.29, 1.82) is 0 Å². The number of para-hydroxylation sites is 1. The van der Waals surface area contributed by atoms with Crippen molar-refractivity contribution in [2.45, 2.75) is 26.8 Å². The first-order chi connectivity index (χ1) is 8.33. The minimum atomic E-state index is 0.204. The van der Waals surface area contributed by atoms with Crippen LogP contribution in [-0.2, 0) is 6.54 Å². The van der Waals surface area contributed by atoms with E-state index in [-0.39, 0.29) is 6.61 Å². The standard InChI is InChI=1S/C14H24N2O/c1-3-9-16(10-11-17)14-8-6-5-7-13(14)12-15-4-2/h5-8,15,17H,3-4,9-12H2,1-2H3. The van der Waals surface area contributed by atoms with Crippen molar-refractivity contribution in [1.82, 2.24) is 5.32 Å². The lowest BCUT2D eigenvalue weighted by atomic mass is 10.1. The van der Waals surface area contributed by atoms with Gasteiger partial charge in [-0.1, -0.05) is 32.0 Å². The lowest BCUT2D eigenvalue weighted by Crippen LogP contribution is -2.29. The summed E-state index contributed by atoms with van der Waals surface area (Å²) in [5.74, 6) is 0. The summed E-state index contributed by atoms with van der Waals surface area (Å²) in [5.41, 5.74) is 2.54. The van der Waals surface area contributed by atoms with E-state index in [9.17, 15) is 0 Å². The number of nitrogens with one attached hydrogen (secondary N) is 1. The van der Waals surface area contributed by atoms with Gasteiger partial charge in [-0.25, -0.2) is 0 Å². The van der Waals surface area contributed by atoms with E-state index in [0.29, 0.717) is 6.54 Å². The highest BCUT2D eigenvalue weighted by atomic mass is 16.3. The van der Waals surface area contributed by atoms with Crippen LogP contribution in [0.3, 0.4) is 0 Å². The Morgan fingerprint density at radius 1 is 1.18 bits per heavy atom. The average Bonchev–Trinajstić information content (AvgIpc) is 2.36. The number of aliphatic hydroxyl groups is 1. The van der Waals surface area contributed by atoms with Crippen LogP contribution in [0.25, 0.3) is 0 Å². The molecular formula is C14H24N2O. The van der Waals surface area contributed by atoms with Crippen molar-refractivity contribution in [2.75, 3.05) is 31.1 Å². The monoisotopic (exact) mass is 236 g/mol. The summed E-state index contributed by atoms with van der Waals surface area (Å²) in [6.07, 6.45) is 1.09. The smallest absolute Gasteiger partial charge is 0.0606 e. The lowest BCUT2D eigenvalue weighted by molar-refractivity contribution is 0.301. The fourth-order valence-corrected chi connectivity index (χ4v) is 1.97. The molecule has 2 N–H and O–H groups in total. The number of hydrogen-bond acceptors (Lipinski definition) is 3. The van der Waals surface area contributed by atoms with Crippen LogP contribution < -0.4 is 10.2 Å². The van der Waals surface area contributed by atoms with Crippen LogP contribution in [0.1, 0.15) is 25.8 Å². The molecule has 3 heteroatoms. The van der Waals surface area contributed by atoms with Crippen molar-refractivity contribution in [2.24, 2.45) is 0 Å². The van der Waals surface area contributed by atoms with Crippen LogP contribution in [0, 0.1) is 0 Å². The number of benzene rings is 1. The molecule has 1 rings (SSSR count). The molecule has 0 fully saturated rings. The van der Waals surface area contributed by atoms with Crippen molar-refractivity contribution in [3.8, 4) is 0 Å². The highest BCUT2D eigenvalue weighted by molar-refractivity contribution is 5.53. The number of hydrogen-bond donors (Lipinski definition) is 2. The van der Waals surface area contributed by atoms with Gasteiger partial charge in [-0.3, -0.25) is 0 Å². The third-order valence-corrected chi connectivity index (χ3v) is 2.76. The molecule has 0 bridgehead atoms. The highest BCUT2D eigenvalue weighted by Crippen LogP contribution is 2.20. The maximum absolute atomic E-state index is 9.13. The highest BCUT2D eigenvalue weighted by Gasteiger charge is 2.08. The largest absolute Gasteiger partial charge is 0.395 e.